The predicted octanol–water partition coefficient (Wildman–Crippen LogP) is 10.9. The predicted molar refractivity (Wildman–Crippen MR) is 309 cm³/mol. The minimum Gasteiger partial charge on any atom is -0.459 e. The fourth-order valence-electron chi connectivity index (χ4n) is 9.31. The molecule has 0 atom stereocenters. The molecule has 2 amide bonds. The van der Waals surface area contributed by atoms with Crippen LogP contribution < -0.4 is 0 Å². The van der Waals surface area contributed by atoms with Gasteiger partial charge in [-0.3, -0.25) is 38.6 Å². The fraction of sp³-hybridized carbons (Fsp3) is 0.179. The second kappa shape index (κ2) is 21.4. The van der Waals surface area contributed by atoms with E-state index >= 15 is 19.2 Å². The average Bonchev–Trinajstić information content (AvgIpc) is 4.37. The van der Waals surface area contributed by atoms with Crippen LogP contribution in [0.2, 0.25) is 0 Å². The Morgan fingerprint density at radius 3 is 1.04 bits per heavy atom. The largest absolute Gasteiger partial charge is 0.459 e. The minimum atomic E-state index is -2.43. The summed E-state index contributed by atoms with van der Waals surface area (Å²) in [5, 5.41) is -0.101. The van der Waals surface area contributed by atoms with Crippen molar-refractivity contribution < 1.29 is 47.7 Å². The standard InChI is InChI=1S/C56H40N4O10S7/c1-3-59-47(61)45(76-53(59)71)57-37-25-35-39(55(37,49(63)67-27-31-17-9-5-10-18-31)50(64)68-28-32-19-11-6-12-20-32)41-43(73-35)44-42(75-41)40-36(74-44)26-38(58-46-48(62)60(4-2)54(72)77-46)56(40,51(65)69-29-33-21-13-7-14-22-33)52(66)70-30-34-23-15-8-16-24-34/h5-26H,3-4,27-30H2,1-2H3. The molecule has 77 heavy (non-hydrogen) atoms. The van der Waals surface area contributed by atoms with Crippen LogP contribution in [0.4, 0.5) is 0 Å². The maximum Gasteiger partial charge on any atom is 0.334 e. The molecule has 5 heterocycles. The summed E-state index contributed by atoms with van der Waals surface area (Å²) in [6.45, 7) is 3.15. The van der Waals surface area contributed by atoms with Crippen molar-refractivity contribution in [2.45, 2.75) is 51.1 Å². The Balaban J connectivity index is 1.13. The van der Waals surface area contributed by atoms with Crippen LogP contribution >= 0.6 is 82.0 Å². The molecular weight excluding hydrogens is 1110 g/mol. The molecule has 0 bridgehead atoms. The number of rotatable bonds is 16. The van der Waals surface area contributed by atoms with Crippen molar-refractivity contribution in [2.75, 3.05) is 13.1 Å². The third-order valence-corrected chi connectivity index (χ3v) is 19.6. The molecule has 0 spiro atoms. The van der Waals surface area contributed by atoms with Crippen LogP contribution in [0.5, 0.6) is 0 Å². The summed E-state index contributed by atoms with van der Waals surface area (Å²) < 4.78 is 27.2. The lowest BCUT2D eigenvalue weighted by Crippen LogP contribution is -2.46. The van der Waals surface area contributed by atoms with Gasteiger partial charge in [0.25, 0.3) is 11.8 Å². The first-order chi connectivity index (χ1) is 37.4. The van der Waals surface area contributed by atoms with Gasteiger partial charge in [0.05, 0.1) is 30.2 Å². The van der Waals surface area contributed by atoms with Gasteiger partial charge in [-0.2, -0.15) is 0 Å². The molecular formula is C56H40N4O10S7. The SMILES string of the molecule is CCN1C(=O)C(=NC2=Cc3sc4c(sc5c6c(sc54)C=C(N=C4SC(=S)N(CC)C4=O)C6(C(=O)OCc4ccccc4)C(=O)OCc4ccccc4)c3C2(C(=O)OCc2ccccc2)C(=O)OCc2ccccc2)SC1=S. The quantitative estimate of drug-likeness (QED) is 0.0387. The van der Waals surface area contributed by atoms with E-state index in [2.05, 4.69) is 0 Å². The van der Waals surface area contributed by atoms with Crippen LogP contribution in [0.25, 0.3) is 31.0 Å². The molecule has 4 aliphatic rings. The highest BCUT2D eigenvalue weighted by molar-refractivity contribution is 8.35. The van der Waals surface area contributed by atoms with E-state index in [4.69, 9.17) is 53.4 Å². The number of nitrogens with zero attached hydrogens (tertiary/aromatic N) is 4. The van der Waals surface area contributed by atoms with E-state index in [-0.39, 0.29) is 80.8 Å². The Morgan fingerprint density at radius 1 is 0.468 bits per heavy atom. The minimum absolute atomic E-state index is 0.0506. The van der Waals surface area contributed by atoms with Crippen LogP contribution in [0.1, 0.15) is 57.0 Å². The van der Waals surface area contributed by atoms with Crippen LogP contribution in [0.15, 0.2) is 143 Å². The number of ether oxygens (including phenoxy) is 4. The van der Waals surface area contributed by atoms with Gasteiger partial charge in [-0.05, 0) is 71.8 Å². The van der Waals surface area contributed by atoms with E-state index in [0.29, 0.717) is 50.8 Å². The molecule has 21 heteroatoms. The van der Waals surface area contributed by atoms with Crippen molar-refractivity contribution in [1.82, 2.24) is 9.80 Å². The van der Waals surface area contributed by atoms with E-state index in [0.717, 1.165) is 34.9 Å². The number of carbonyl (C=O) groups excluding carboxylic acids is 6. The van der Waals surface area contributed by atoms with Gasteiger partial charge >= 0.3 is 23.9 Å². The number of aliphatic imine (C=N–C) groups is 2. The molecule has 0 N–H and O–H groups in total. The molecule has 14 nitrogen and oxygen atoms in total. The number of thiocarbonyl (C=S) groups is 2. The lowest BCUT2D eigenvalue weighted by Gasteiger charge is -2.28. The number of esters is 4. The molecule has 2 saturated heterocycles. The number of benzene rings is 4. The summed E-state index contributed by atoms with van der Waals surface area (Å²) >= 11 is 16.7. The second-order valence-corrected chi connectivity index (χ2v) is 23.9. The number of amides is 2. The van der Waals surface area contributed by atoms with Crippen LogP contribution in [0.3, 0.4) is 0 Å². The number of hydrogen-bond donors (Lipinski definition) is 0. The van der Waals surface area contributed by atoms with E-state index in [1.807, 2.05) is 24.3 Å². The van der Waals surface area contributed by atoms with Gasteiger partial charge in [-0.15, -0.1) is 34.0 Å². The Labute approximate surface area is 471 Å². The van der Waals surface area contributed by atoms with Gasteiger partial charge in [0.1, 0.15) is 35.1 Å². The molecule has 4 aromatic carbocycles. The van der Waals surface area contributed by atoms with Crippen molar-refractivity contribution in [3.63, 3.8) is 0 Å². The summed E-state index contributed by atoms with van der Waals surface area (Å²) in [5.74, 6) is -5.04. The number of fused-ring (bicyclic) bond motifs is 7. The molecule has 2 aliphatic heterocycles. The molecule has 0 radical (unpaired) electrons. The summed E-state index contributed by atoms with van der Waals surface area (Å²) in [4.78, 5) is 103. The van der Waals surface area contributed by atoms with Gasteiger partial charge in [0.15, 0.2) is 10.1 Å². The molecule has 0 saturated carbocycles. The zero-order chi connectivity index (χ0) is 53.6. The van der Waals surface area contributed by atoms with E-state index in [9.17, 15) is 9.59 Å². The molecule has 11 rings (SSSR count). The highest BCUT2D eigenvalue weighted by Crippen LogP contribution is 2.61. The molecule has 0 unspecified atom stereocenters. The van der Waals surface area contributed by atoms with Crippen molar-refractivity contribution in [3.8, 4) is 0 Å². The lowest BCUT2D eigenvalue weighted by molar-refractivity contribution is -0.166. The number of thioether (sulfide) groups is 2. The maximum absolute atomic E-state index is 15.5. The third kappa shape index (κ3) is 9.06. The Hall–Kier alpha value is -6.98. The zero-order valence-electron chi connectivity index (χ0n) is 40.7. The van der Waals surface area contributed by atoms with E-state index < -0.39 is 46.5 Å². The molecule has 7 aromatic rings. The van der Waals surface area contributed by atoms with Gasteiger partial charge in [-0.1, -0.05) is 146 Å². The smallest absolute Gasteiger partial charge is 0.334 e. The summed E-state index contributed by atoms with van der Waals surface area (Å²) in [6.07, 6.45) is 3.21. The topological polar surface area (TPSA) is 171 Å². The molecule has 386 valence electrons. The lowest BCUT2D eigenvalue weighted by atomic mass is 9.80. The fourth-order valence-corrected chi connectivity index (χ4v) is 16.5. The Bertz CT molecular complexity index is 3400. The summed E-state index contributed by atoms with van der Waals surface area (Å²) in [6, 6.07) is 35.9. The molecule has 2 fully saturated rings. The third-order valence-electron chi connectivity index (χ3n) is 13.1. The van der Waals surface area contributed by atoms with E-state index in [1.54, 1.807) is 123 Å². The van der Waals surface area contributed by atoms with Crippen molar-refractivity contribution in [3.05, 3.63) is 176 Å². The number of carbonyl (C=O) groups is 6. The summed E-state index contributed by atoms with van der Waals surface area (Å²) in [7, 11) is 0. The van der Waals surface area contributed by atoms with Gasteiger partial charge in [-0.25, -0.2) is 9.98 Å². The van der Waals surface area contributed by atoms with Gasteiger partial charge in [0.2, 0.25) is 10.8 Å². The first kappa shape index (κ1) is 52.1. The van der Waals surface area contributed by atoms with Gasteiger partial charge < -0.3 is 18.9 Å². The summed E-state index contributed by atoms with van der Waals surface area (Å²) in [5.41, 5.74) is -2.15. The monoisotopic (exact) mass is 1150 g/mol. The molecule has 2 aliphatic carbocycles. The van der Waals surface area contributed by atoms with Crippen molar-refractivity contribution in [1.29, 1.82) is 0 Å². The van der Waals surface area contributed by atoms with Crippen molar-refractivity contribution >= 4 is 167 Å². The van der Waals surface area contributed by atoms with Crippen LogP contribution in [-0.2, 0) is 85.0 Å². The average molecular weight is 1150 g/mol. The maximum atomic E-state index is 15.5. The Morgan fingerprint density at radius 2 is 0.766 bits per heavy atom. The first-order valence-corrected chi connectivity index (χ1v) is 28.8. The number of hydrogen-bond acceptors (Lipinski definition) is 19. The highest BCUT2D eigenvalue weighted by Gasteiger charge is 2.63. The van der Waals surface area contributed by atoms with Crippen molar-refractivity contribution in [2.24, 2.45) is 9.98 Å². The normalized spacial score (nSPS) is 17.3. The zero-order valence-corrected chi connectivity index (χ0v) is 46.4. The Kier molecular flexibility index (Phi) is 14.5. The molecule has 3 aromatic heterocycles. The van der Waals surface area contributed by atoms with Crippen LogP contribution in [-0.4, -0.2) is 77.3 Å². The van der Waals surface area contributed by atoms with E-state index in [1.165, 1.54) is 32.5 Å². The highest BCUT2D eigenvalue weighted by atomic mass is 32.2. The van der Waals surface area contributed by atoms with Gasteiger partial charge in [0, 0.05) is 34.0 Å². The van der Waals surface area contributed by atoms with Crippen LogP contribution in [0, 0.1) is 0 Å². The second-order valence-electron chi connectivity index (χ2n) is 17.6. The number of thiophene rings is 3. The first-order valence-electron chi connectivity index (χ1n) is 23.9.